The van der Waals surface area contributed by atoms with Gasteiger partial charge < -0.3 is 15.0 Å². The lowest BCUT2D eigenvalue weighted by Crippen LogP contribution is -2.70. The van der Waals surface area contributed by atoms with Crippen LogP contribution >= 0.6 is 11.3 Å². The third kappa shape index (κ3) is 4.58. The Morgan fingerprint density at radius 2 is 1.90 bits per heavy atom. The molecule has 2 rings (SSSR count). The van der Waals surface area contributed by atoms with Gasteiger partial charge in [-0.15, -0.1) is 11.3 Å². The third-order valence-corrected chi connectivity index (χ3v) is 5.75. The van der Waals surface area contributed by atoms with E-state index in [1.54, 1.807) is 5.32 Å². The van der Waals surface area contributed by atoms with Crippen LogP contribution in [0.3, 0.4) is 0 Å². The molecule has 29 heavy (non-hydrogen) atoms. The molecule has 0 bridgehead atoms. The molecule has 0 saturated heterocycles. The maximum absolute atomic E-state index is 14.2. The summed E-state index contributed by atoms with van der Waals surface area (Å²) in [5.41, 5.74) is -2.75. The first kappa shape index (κ1) is 22.8. The number of amides is 2. The number of carbonyl (C=O) groups is 2. The van der Waals surface area contributed by atoms with Gasteiger partial charge in [0.25, 0.3) is 0 Å². The molecule has 1 heterocycles. The van der Waals surface area contributed by atoms with E-state index in [9.17, 15) is 28.0 Å². The van der Waals surface area contributed by atoms with Crippen LogP contribution in [0.15, 0.2) is 0 Å². The topological polar surface area (TPSA) is 94.5 Å². The zero-order valence-corrected chi connectivity index (χ0v) is 17.2. The Morgan fingerprint density at radius 3 is 2.45 bits per heavy atom. The monoisotopic (exact) mass is 432 g/mol. The Bertz CT molecular complexity index is 816. The van der Waals surface area contributed by atoms with E-state index < -0.39 is 23.8 Å². The molecule has 7 nitrogen and oxygen atoms in total. The molecule has 1 atom stereocenters. The molecular formula is C18H23F3N4O3S. The van der Waals surface area contributed by atoms with Crippen LogP contribution in [-0.4, -0.2) is 49.4 Å². The van der Waals surface area contributed by atoms with Crippen LogP contribution in [0.5, 0.6) is 0 Å². The van der Waals surface area contributed by atoms with Crippen molar-refractivity contribution in [1.29, 1.82) is 5.26 Å². The highest BCUT2D eigenvalue weighted by atomic mass is 32.1. The molecule has 0 fully saturated rings. The number of thiophene rings is 1. The summed E-state index contributed by atoms with van der Waals surface area (Å²) in [5, 5.41) is 13.3. The van der Waals surface area contributed by atoms with Crippen LogP contribution in [0.4, 0.5) is 23.0 Å². The SMILES string of the molecule is CCOC(=O)[C@](NC(=O)N(C)C)(Nc1sc2c(c1C#N)CCCCC2)C(F)(F)F. The minimum absolute atomic E-state index is 0.0731. The first-order valence-corrected chi connectivity index (χ1v) is 9.95. The van der Waals surface area contributed by atoms with Crippen molar-refractivity contribution >= 4 is 28.3 Å². The predicted octanol–water partition coefficient (Wildman–Crippen LogP) is 3.39. The minimum atomic E-state index is -5.24. The van der Waals surface area contributed by atoms with Gasteiger partial charge in [-0.3, -0.25) is 5.32 Å². The molecule has 0 radical (unpaired) electrons. The number of rotatable bonds is 5. The molecule has 0 saturated carbocycles. The summed E-state index contributed by atoms with van der Waals surface area (Å²) in [6, 6.07) is 0.819. The van der Waals surface area contributed by atoms with Crippen molar-refractivity contribution in [1.82, 2.24) is 10.2 Å². The van der Waals surface area contributed by atoms with E-state index in [2.05, 4.69) is 10.1 Å². The Kier molecular flexibility index (Phi) is 7.00. The highest BCUT2D eigenvalue weighted by Gasteiger charge is 2.64. The quantitative estimate of drug-likeness (QED) is 0.423. The first-order valence-electron chi connectivity index (χ1n) is 9.13. The second-order valence-corrected chi connectivity index (χ2v) is 7.90. The smallest absolute Gasteiger partial charge is 0.442 e. The summed E-state index contributed by atoms with van der Waals surface area (Å²) in [6.45, 7) is 1.04. The maximum atomic E-state index is 14.2. The van der Waals surface area contributed by atoms with Gasteiger partial charge in [0, 0.05) is 19.0 Å². The van der Waals surface area contributed by atoms with Crippen molar-refractivity contribution in [2.75, 3.05) is 26.0 Å². The van der Waals surface area contributed by atoms with Crippen molar-refractivity contribution in [2.45, 2.75) is 50.9 Å². The molecule has 2 amide bonds. The standard InChI is InChI=1S/C18H23F3N4O3S/c1-4-28-15(26)17(18(19,20)21,24-16(27)25(2)3)23-14-12(10-22)11-8-6-5-7-9-13(11)29-14/h23H,4-9H2,1-3H3,(H,24,27)/t17-/m1/s1. The summed E-state index contributed by atoms with van der Waals surface area (Å²) in [4.78, 5) is 26.3. The average molecular weight is 432 g/mol. The number of esters is 1. The zero-order valence-electron chi connectivity index (χ0n) is 16.4. The van der Waals surface area contributed by atoms with E-state index in [1.165, 1.54) is 21.0 Å². The second-order valence-electron chi connectivity index (χ2n) is 6.80. The zero-order chi connectivity index (χ0) is 21.8. The van der Waals surface area contributed by atoms with E-state index >= 15 is 0 Å². The molecule has 0 aliphatic heterocycles. The second kappa shape index (κ2) is 8.90. The number of carbonyl (C=O) groups excluding carboxylic acids is 2. The molecule has 1 aliphatic carbocycles. The lowest BCUT2D eigenvalue weighted by molar-refractivity contribution is -0.204. The molecule has 0 unspecified atom stereocenters. The summed E-state index contributed by atoms with van der Waals surface area (Å²) in [5.74, 6) is -1.70. The first-order chi connectivity index (χ1) is 13.6. The minimum Gasteiger partial charge on any atom is -0.463 e. The number of nitriles is 1. The van der Waals surface area contributed by atoms with Crippen molar-refractivity contribution in [3.63, 3.8) is 0 Å². The Hall–Kier alpha value is -2.48. The molecule has 1 aliphatic rings. The van der Waals surface area contributed by atoms with E-state index in [4.69, 9.17) is 0 Å². The summed E-state index contributed by atoms with van der Waals surface area (Å²) in [7, 11) is 2.49. The summed E-state index contributed by atoms with van der Waals surface area (Å²) < 4.78 is 47.2. The van der Waals surface area contributed by atoms with Gasteiger partial charge in [0.2, 0.25) is 0 Å². The van der Waals surface area contributed by atoms with Crippen molar-refractivity contribution < 1.29 is 27.5 Å². The molecule has 11 heteroatoms. The fraction of sp³-hybridized carbons (Fsp3) is 0.611. The summed E-state index contributed by atoms with van der Waals surface area (Å²) >= 11 is 1.01. The van der Waals surface area contributed by atoms with E-state index in [0.29, 0.717) is 18.4 Å². The van der Waals surface area contributed by atoms with Crippen molar-refractivity contribution in [3.8, 4) is 6.07 Å². The van der Waals surface area contributed by atoms with Crippen LogP contribution in [0.2, 0.25) is 0 Å². The van der Waals surface area contributed by atoms with Gasteiger partial charge in [-0.1, -0.05) is 6.42 Å². The van der Waals surface area contributed by atoms with Crippen molar-refractivity contribution in [2.24, 2.45) is 0 Å². The van der Waals surface area contributed by atoms with E-state index in [-0.39, 0.29) is 17.2 Å². The van der Waals surface area contributed by atoms with Gasteiger partial charge in [0.05, 0.1) is 12.2 Å². The van der Waals surface area contributed by atoms with E-state index in [1.807, 2.05) is 6.07 Å². The lowest BCUT2D eigenvalue weighted by Gasteiger charge is -2.35. The van der Waals surface area contributed by atoms with Crippen LogP contribution in [0.25, 0.3) is 0 Å². The molecule has 1 aromatic heterocycles. The number of nitrogens with one attached hydrogen (secondary N) is 2. The molecule has 0 aromatic carbocycles. The van der Waals surface area contributed by atoms with Gasteiger partial charge in [-0.25, -0.2) is 9.59 Å². The number of fused-ring (bicyclic) bond motifs is 1. The fourth-order valence-corrected chi connectivity index (χ4v) is 4.32. The number of alkyl halides is 3. The van der Waals surface area contributed by atoms with Gasteiger partial charge in [-0.05, 0) is 38.2 Å². The Morgan fingerprint density at radius 1 is 1.24 bits per heavy atom. The average Bonchev–Trinajstić information content (AvgIpc) is 2.79. The molecular weight excluding hydrogens is 409 g/mol. The van der Waals surface area contributed by atoms with Gasteiger partial charge in [-0.2, -0.15) is 18.4 Å². The Labute approximate surface area is 170 Å². The molecule has 160 valence electrons. The number of nitrogens with zero attached hydrogens (tertiary/aromatic N) is 2. The number of hydrogen-bond acceptors (Lipinski definition) is 6. The highest BCUT2D eigenvalue weighted by Crippen LogP contribution is 2.41. The number of halogens is 3. The Balaban J connectivity index is 2.59. The predicted molar refractivity (Wildman–Crippen MR) is 102 cm³/mol. The van der Waals surface area contributed by atoms with Gasteiger partial charge >= 0.3 is 23.8 Å². The van der Waals surface area contributed by atoms with Crippen LogP contribution < -0.4 is 10.6 Å². The highest BCUT2D eigenvalue weighted by molar-refractivity contribution is 7.16. The maximum Gasteiger partial charge on any atom is 0.442 e. The van der Waals surface area contributed by atoms with Crippen LogP contribution in [-0.2, 0) is 22.4 Å². The molecule has 1 aromatic rings. The van der Waals surface area contributed by atoms with Crippen LogP contribution in [0, 0.1) is 11.3 Å². The fourth-order valence-electron chi connectivity index (χ4n) is 3.02. The number of hydrogen-bond donors (Lipinski definition) is 2. The van der Waals surface area contributed by atoms with Crippen molar-refractivity contribution in [3.05, 3.63) is 16.0 Å². The lowest BCUT2D eigenvalue weighted by atomic mass is 10.1. The van der Waals surface area contributed by atoms with Crippen LogP contribution in [0.1, 0.15) is 42.2 Å². The normalized spacial score (nSPS) is 15.9. The molecule has 2 N–H and O–H groups in total. The summed E-state index contributed by atoms with van der Waals surface area (Å²) in [6.07, 6.45) is -1.32. The van der Waals surface area contributed by atoms with Gasteiger partial charge in [0.1, 0.15) is 11.1 Å². The largest absolute Gasteiger partial charge is 0.463 e. The number of urea groups is 1. The van der Waals surface area contributed by atoms with E-state index in [0.717, 1.165) is 40.4 Å². The number of ether oxygens (including phenoxy) is 1. The molecule has 0 spiro atoms. The number of aryl methyl sites for hydroxylation is 1. The number of anilines is 1. The third-order valence-electron chi connectivity index (χ3n) is 4.54. The van der Waals surface area contributed by atoms with Gasteiger partial charge in [0.15, 0.2) is 0 Å².